The predicted octanol–water partition coefficient (Wildman–Crippen LogP) is 4.00. The molecule has 3 rings (SSSR count). The number of halogens is 1. The Bertz CT molecular complexity index is 701. The minimum absolute atomic E-state index is 0.615. The van der Waals surface area contributed by atoms with Crippen LogP contribution < -0.4 is 0 Å². The van der Waals surface area contributed by atoms with Crippen LogP contribution >= 0.6 is 11.6 Å². The van der Waals surface area contributed by atoms with Crippen LogP contribution in [-0.4, -0.2) is 14.6 Å². The Morgan fingerprint density at radius 2 is 1.89 bits per heavy atom. The van der Waals surface area contributed by atoms with Crippen molar-refractivity contribution < 1.29 is 0 Å². The second kappa shape index (κ2) is 5.02. The zero-order valence-corrected chi connectivity index (χ0v) is 11.4. The van der Waals surface area contributed by atoms with E-state index >= 15 is 0 Å². The summed E-state index contributed by atoms with van der Waals surface area (Å²) >= 11 is 6.10. The van der Waals surface area contributed by atoms with Crippen molar-refractivity contribution in [1.82, 2.24) is 14.6 Å². The lowest BCUT2D eigenvalue weighted by Gasteiger charge is -2.02. The Hall–Kier alpha value is -1.87. The fourth-order valence-electron chi connectivity index (χ4n) is 2.19. The van der Waals surface area contributed by atoms with Crippen LogP contribution in [-0.2, 0) is 6.42 Å². The maximum Gasteiger partial charge on any atom is 0.179 e. The largest absolute Gasteiger partial charge is 0.281 e. The number of hydrogen-bond donors (Lipinski definition) is 0. The van der Waals surface area contributed by atoms with E-state index in [0.717, 1.165) is 24.2 Å². The first-order chi connectivity index (χ1) is 9.29. The van der Waals surface area contributed by atoms with Gasteiger partial charge in [-0.15, -0.1) is 10.2 Å². The van der Waals surface area contributed by atoms with Crippen LogP contribution in [0.4, 0.5) is 0 Å². The molecule has 2 aromatic heterocycles. The summed E-state index contributed by atoms with van der Waals surface area (Å²) in [6.45, 7) is 2.18. The van der Waals surface area contributed by atoms with Crippen LogP contribution in [0, 0.1) is 0 Å². The summed E-state index contributed by atoms with van der Waals surface area (Å²) in [5.74, 6) is 0.820. The van der Waals surface area contributed by atoms with Crippen molar-refractivity contribution in [2.24, 2.45) is 0 Å². The van der Waals surface area contributed by atoms with Crippen LogP contribution in [0.3, 0.4) is 0 Å². The zero-order valence-electron chi connectivity index (χ0n) is 10.7. The third-order valence-electron chi connectivity index (χ3n) is 3.14. The van der Waals surface area contributed by atoms with Gasteiger partial charge in [0.25, 0.3) is 0 Å². The zero-order chi connectivity index (χ0) is 13.2. The number of fused-ring (bicyclic) bond motifs is 1. The molecule has 0 fully saturated rings. The van der Waals surface area contributed by atoms with Crippen molar-refractivity contribution in [3.8, 4) is 11.4 Å². The van der Waals surface area contributed by atoms with Crippen molar-refractivity contribution in [2.75, 3.05) is 0 Å². The molecule has 0 unspecified atom stereocenters. The highest BCUT2D eigenvalue weighted by Crippen LogP contribution is 2.22. The van der Waals surface area contributed by atoms with Crippen LogP contribution in [0.2, 0.25) is 5.02 Å². The van der Waals surface area contributed by atoms with Gasteiger partial charge in [0.1, 0.15) is 0 Å². The van der Waals surface area contributed by atoms with Gasteiger partial charge in [0.15, 0.2) is 11.5 Å². The lowest BCUT2D eigenvalue weighted by Crippen LogP contribution is -1.90. The first-order valence-corrected chi connectivity index (χ1v) is 6.76. The summed E-state index contributed by atoms with van der Waals surface area (Å²) < 4.78 is 1.91. The summed E-state index contributed by atoms with van der Waals surface area (Å²) in [5.41, 5.74) is 3.09. The molecule has 19 heavy (non-hydrogen) atoms. The standard InChI is InChI=1S/C15H14ClN3/c1-2-4-11-6-8-12(9-7-11)14-17-18-15-13(16)5-3-10-19(14)15/h3,5-10H,2,4H2,1H3. The maximum atomic E-state index is 6.10. The smallest absolute Gasteiger partial charge is 0.179 e. The van der Waals surface area contributed by atoms with E-state index in [0.29, 0.717) is 10.7 Å². The van der Waals surface area contributed by atoms with E-state index in [1.54, 1.807) is 0 Å². The van der Waals surface area contributed by atoms with Crippen LogP contribution in [0.1, 0.15) is 18.9 Å². The SMILES string of the molecule is CCCc1ccc(-c2nnc3c(Cl)cccn23)cc1. The van der Waals surface area contributed by atoms with Gasteiger partial charge < -0.3 is 0 Å². The van der Waals surface area contributed by atoms with Gasteiger partial charge in [-0.1, -0.05) is 49.2 Å². The lowest BCUT2D eigenvalue weighted by atomic mass is 10.1. The molecule has 0 N–H and O–H groups in total. The third-order valence-corrected chi connectivity index (χ3v) is 3.43. The second-order valence-corrected chi connectivity index (χ2v) is 4.93. The molecule has 0 bridgehead atoms. The van der Waals surface area contributed by atoms with E-state index in [4.69, 9.17) is 11.6 Å². The average Bonchev–Trinajstić information content (AvgIpc) is 2.85. The first-order valence-electron chi connectivity index (χ1n) is 6.38. The van der Waals surface area contributed by atoms with Gasteiger partial charge in [0, 0.05) is 11.8 Å². The van der Waals surface area contributed by atoms with Gasteiger partial charge in [-0.05, 0) is 24.1 Å². The number of rotatable bonds is 3. The third kappa shape index (κ3) is 2.22. The molecule has 0 saturated heterocycles. The molecule has 0 saturated carbocycles. The fourth-order valence-corrected chi connectivity index (χ4v) is 2.39. The van der Waals surface area contributed by atoms with Crippen molar-refractivity contribution >= 4 is 17.2 Å². The highest BCUT2D eigenvalue weighted by Gasteiger charge is 2.09. The lowest BCUT2D eigenvalue weighted by molar-refractivity contribution is 0.922. The van der Waals surface area contributed by atoms with Crippen molar-refractivity contribution in [3.05, 3.63) is 53.2 Å². The molecule has 0 spiro atoms. The normalized spacial score (nSPS) is 11.1. The summed E-state index contributed by atoms with van der Waals surface area (Å²) in [7, 11) is 0. The average molecular weight is 272 g/mol. The molecule has 3 nitrogen and oxygen atoms in total. The van der Waals surface area contributed by atoms with Gasteiger partial charge >= 0.3 is 0 Å². The number of benzene rings is 1. The molecule has 0 aliphatic carbocycles. The van der Waals surface area contributed by atoms with Crippen LogP contribution in [0.5, 0.6) is 0 Å². The summed E-state index contributed by atoms with van der Waals surface area (Å²) in [6.07, 6.45) is 4.19. The monoisotopic (exact) mass is 271 g/mol. The Labute approximate surface area is 116 Å². The molecule has 0 aliphatic rings. The minimum atomic E-state index is 0.615. The van der Waals surface area contributed by atoms with E-state index in [2.05, 4.69) is 41.4 Å². The van der Waals surface area contributed by atoms with Gasteiger partial charge in [-0.2, -0.15) is 0 Å². The maximum absolute atomic E-state index is 6.10. The van der Waals surface area contributed by atoms with Gasteiger partial charge in [-0.25, -0.2) is 0 Å². The van der Waals surface area contributed by atoms with E-state index in [1.807, 2.05) is 22.7 Å². The summed E-state index contributed by atoms with van der Waals surface area (Å²) in [6, 6.07) is 12.2. The topological polar surface area (TPSA) is 30.2 Å². The number of aryl methyl sites for hydroxylation is 1. The highest BCUT2D eigenvalue weighted by atomic mass is 35.5. The Morgan fingerprint density at radius 1 is 1.11 bits per heavy atom. The van der Waals surface area contributed by atoms with Gasteiger partial charge in [-0.3, -0.25) is 4.40 Å². The number of hydrogen-bond acceptors (Lipinski definition) is 2. The molecule has 96 valence electrons. The van der Waals surface area contributed by atoms with Crippen LogP contribution in [0.25, 0.3) is 17.0 Å². The molecule has 1 aromatic carbocycles. The molecule has 0 amide bonds. The first kappa shape index (κ1) is 12.2. The number of pyridine rings is 1. The van der Waals surface area contributed by atoms with E-state index < -0.39 is 0 Å². The minimum Gasteiger partial charge on any atom is -0.281 e. The van der Waals surface area contributed by atoms with Gasteiger partial charge in [0.05, 0.1) is 5.02 Å². The highest BCUT2D eigenvalue weighted by molar-refractivity contribution is 6.33. The Kier molecular flexibility index (Phi) is 3.22. The molecular formula is C15H14ClN3. The molecule has 0 radical (unpaired) electrons. The van der Waals surface area contributed by atoms with Crippen molar-refractivity contribution in [3.63, 3.8) is 0 Å². The number of aromatic nitrogens is 3. The van der Waals surface area contributed by atoms with E-state index in [9.17, 15) is 0 Å². The Balaban J connectivity index is 2.06. The molecule has 3 aromatic rings. The molecule has 2 heterocycles. The molecular weight excluding hydrogens is 258 g/mol. The number of nitrogens with zero attached hydrogens (tertiary/aromatic N) is 3. The van der Waals surface area contributed by atoms with E-state index in [-0.39, 0.29) is 0 Å². The predicted molar refractivity (Wildman–Crippen MR) is 77.4 cm³/mol. The molecule has 0 aliphatic heterocycles. The van der Waals surface area contributed by atoms with Crippen molar-refractivity contribution in [2.45, 2.75) is 19.8 Å². The Morgan fingerprint density at radius 3 is 2.63 bits per heavy atom. The van der Waals surface area contributed by atoms with E-state index in [1.165, 1.54) is 5.56 Å². The summed E-state index contributed by atoms with van der Waals surface area (Å²) in [5, 5.41) is 8.98. The van der Waals surface area contributed by atoms with Crippen molar-refractivity contribution in [1.29, 1.82) is 0 Å². The quantitative estimate of drug-likeness (QED) is 0.721. The molecule has 4 heteroatoms. The van der Waals surface area contributed by atoms with Crippen LogP contribution in [0.15, 0.2) is 42.6 Å². The fraction of sp³-hybridized carbons (Fsp3) is 0.200. The second-order valence-electron chi connectivity index (χ2n) is 4.52. The summed E-state index contributed by atoms with van der Waals surface area (Å²) in [4.78, 5) is 0. The van der Waals surface area contributed by atoms with Gasteiger partial charge in [0.2, 0.25) is 0 Å². The molecule has 0 atom stereocenters.